The second-order valence-electron chi connectivity index (χ2n) is 9.15. The topological polar surface area (TPSA) is 99.6 Å². The Morgan fingerprint density at radius 2 is 1.73 bits per heavy atom. The summed E-state index contributed by atoms with van der Waals surface area (Å²) in [4.78, 5) is 18.2. The highest BCUT2D eigenvalue weighted by Crippen LogP contribution is 2.27. The SMILES string of the molecule is C1=CC2=CC=C1C2.O=C(c1ccc(NS(=O)(=O)c2cccc3cccnc23)c(F)c1)N1CCC(O)CC1. The number of piperidine rings is 1. The second kappa shape index (κ2) is 10.3. The van der Waals surface area contributed by atoms with Crippen LogP contribution in [0.5, 0.6) is 0 Å². The number of carbonyl (C=O) groups is 1. The molecule has 0 radical (unpaired) electrons. The van der Waals surface area contributed by atoms with Gasteiger partial charge < -0.3 is 10.0 Å². The fourth-order valence-corrected chi connectivity index (χ4v) is 5.73. The Kier molecular flexibility index (Phi) is 6.90. The van der Waals surface area contributed by atoms with E-state index in [0.29, 0.717) is 31.3 Å². The number of halogens is 1. The normalized spacial score (nSPS) is 16.8. The van der Waals surface area contributed by atoms with Crippen molar-refractivity contribution in [3.63, 3.8) is 0 Å². The number of hydrogen-bond acceptors (Lipinski definition) is 5. The number of anilines is 1. The second-order valence-corrected chi connectivity index (χ2v) is 10.8. The van der Waals surface area contributed by atoms with Crippen LogP contribution in [-0.2, 0) is 10.0 Å². The average Bonchev–Trinajstić information content (AvgIpc) is 3.56. The van der Waals surface area contributed by atoms with E-state index in [1.165, 1.54) is 42.0 Å². The number of allylic oxidation sites excluding steroid dienone is 6. The smallest absolute Gasteiger partial charge is 0.264 e. The first-order valence-electron chi connectivity index (χ1n) is 12.0. The highest BCUT2D eigenvalue weighted by atomic mass is 32.2. The molecule has 9 heteroatoms. The molecule has 2 N–H and O–H groups in total. The van der Waals surface area contributed by atoms with Crippen molar-refractivity contribution in [1.29, 1.82) is 0 Å². The van der Waals surface area contributed by atoms with E-state index in [0.717, 1.165) is 6.07 Å². The number of nitrogens with zero attached hydrogens (tertiary/aromatic N) is 2. The first-order chi connectivity index (χ1) is 17.8. The lowest BCUT2D eigenvalue weighted by Gasteiger charge is -2.29. The van der Waals surface area contributed by atoms with Crippen molar-refractivity contribution in [2.75, 3.05) is 17.8 Å². The van der Waals surface area contributed by atoms with Gasteiger partial charge in [0.2, 0.25) is 0 Å². The molecule has 1 aromatic heterocycles. The Labute approximate surface area is 214 Å². The first kappa shape index (κ1) is 24.9. The van der Waals surface area contributed by atoms with E-state index >= 15 is 0 Å². The molecular formula is C28H26FN3O4S. The third-order valence-electron chi connectivity index (χ3n) is 6.53. The first-order valence-corrected chi connectivity index (χ1v) is 13.5. The van der Waals surface area contributed by atoms with Crippen LogP contribution in [0.2, 0.25) is 0 Å². The molecule has 190 valence electrons. The molecule has 2 aromatic carbocycles. The Morgan fingerprint density at radius 3 is 2.35 bits per heavy atom. The van der Waals surface area contributed by atoms with Crippen LogP contribution in [0.1, 0.15) is 29.6 Å². The van der Waals surface area contributed by atoms with Gasteiger partial charge in [-0.2, -0.15) is 0 Å². The summed E-state index contributed by atoms with van der Waals surface area (Å²) in [5.74, 6) is -1.21. The lowest BCUT2D eigenvalue weighted by Crippen LogP contribution is -2.40. The molecule has 0 atom stereocenters. The van der Waals surface area contributed by atoms with Gasteiger partial charge in [-0.3, -0.25) is 14.5 Å². The van der Waals surface area contributed by atoms with Crippen molar-refractivity contribution in [2.45, 2.75) is 30.3 Å². The molecule has 3 aromatic rings. The van der Waals surface area contributed by atoms with E-state index < -0.39 is 21.9 Å². The Hall–Kier alpha value is -3.82. The van der Waals surface area contributed by atoms with E-state index in [2.05, 4.69) is 34.0 Å². The summed E-state index contributed by atoms with van der Waals surface area (Å²) >= 11 is 0. The van der Waals surface area contributed by atoms with Crippen molar-refractivity contribution in [2.24, 2.45) is 0 Å². The van der Waals surface area contributed by atoms with Crippen LogP contribution in [0.15, 0.2) is 95.1 Å². The maximum Gasteiger partial charge on any atom is 0.264 e. The van der Waals surface area contributed by atoms with Gasteiger partial charge in [-0.05, 0) is 60.7 Å². The molecule has 7 nitrogen and oxygen atoms in total. The van der Waals surface area contributed by atoms with Crippen LogP contribution >= 0.6 is 0 Å². The monoisotopic (exact) mass is 519 g/mol. The van der Waals surface area contributed by atoms with Gasteiger partial charge in [-0.1, -0.05) is 42.5 Å². The van der Waals surface area contributed by atoms with Gasteiger partial charge in [0, 0.05) is 30.2 Å². The van der Waals surface area contributed by atoms with E-state index in [9.17, 15) is 22.7 Å². The molecule has 1 saturated heterocycles. The maximum atomic E-state index is 14.6. The van der Waals surface area contributed by atoms with Gasteiger partial charge in [0.05, 0.1) is 17.3 Å². The summed E-state index contributed by atoms with van der Waals surface area (Å²) < 4.78 is 42.6. The molecule has 37 heavy (non-hydrogen) atoms. The lowest BCUT2D eigenvalue weighted by molar-refractivity contribution is 0.0546. The zero-order valence-corrected chi connectivity index (χ0v) is 20.8. The van der Waals surface area contributed by atoms with E-state index in [1.807, 2.05) is 0 Å². The minimum Gasteiger partial charge on any atom is -0.393 e. The number of sulfonamides is 1. The third-order valence-corrected chi connectivity index (χ3v) is 7.93. The van der Waals surface area contributed by atoms with E-state index in [4.69, 9.17) is 0 Å². The van der Waals surface area contributed by atoms with Gasteiger partial charge in [0.15, 0.2) is 0 Å². The predicted octanol–water partition coefficient (Wildman–Crippen LogP) is 4.58. The number of aromatic nitrogens is 1. The van der Waals surface area contributed by atoms with E-state index in [1.54, 1.807) is 29.2 Å². The molecule has 0 unspecified atom stereocenters. The largest absolute Gasteiger partial charge is 0.393 e. The number of rotatable bonds is 4. The average molecular weight is 520 g/mol. The number of carbonyl (C=O) groups excluding carboxylic acids is 1. The standard InChI is InChI=1S/C21H20FN3O4S.C7H6/c22-17-13-15(21(27)25-11-8-16(26)9-12-25)6-7-18(17)24-30(28,29)19-5-1-3-14-4-2-10-23-20(14)19;1-2-7-4-3-6(1)5-7/h1-7,10,13,16,24,26H,8-9,11-12H2;1-4H,5H2. The van der Waals surface area contributed by atoms with Gasteiger partial charge >= 0.3 is 0 Å². The third kappa shape index (κ3) is 5.47. The van der Waals surface area contributed by atoms with Gasteiger partial charge in [0.25, 0.3) is 15.9 Å². The Balaban J connectivity index is 0.000000340. The summed E-state index contributed by atoms with van der Waals surface area (Å²) in [7, 11) is -4.10. The van der Waals surface area contributed by atoms with Crippen LogP contribution in [0.3, 0.4) is 0 Å². The van der Waals surface area contributed by atoms with Crippen LogP contribution < -0.4 is 4.72 Å². The number of aliphatic hydroxyl groups is 1. The zero-order chi connectivity index (χ0) is 26.0. The minimum absolute atomic E-state index is 0.0629. The number of likely N-dealkylation sites (tertiary alicyclic amines) is 1. The molecule has 0 spiro atoms. The number of nitrogens with one attached hydrogen (secondary N) is 1. The number of aliphatic hydroxyl groups excluding tert-OH is 1. The summed E-state index contributed by atoms with van der Waals surface area (Å²) in [5, 5.41) is 10.2. The number of para-hydroxylation sites is 1. The molecule has 6 rings (SSSR count). The molecule has 1 amide bonds. The highest BCUT2D eigenvalue weighted by Gasteiger charge is 2.24. The molecular weight excluding hydrogens is 493 g/mol. The molecule has 2 heterocycles. The minimum atomic E-state index is -4.10. The fourth-order valence-electron chi connectivity index (χ4n) is 4.49. The Morgan fingerprint density at radius 1 is 1.03 bits per heavy atom. The van der Waals surface area contributed by atoms with Crippen molar-refractivity contribution < 1.29 is 22.7 Å². The molecule has 1 aliphatic heterocycles. The van der Waals surface area contributed by atoms with Crippen molar-refractivity contribution in [1.82, 2.24) is 9.88 Å². The maximum absolute atomic E-state index is 14.6. The summed E-state index contributed by atoms with van der Waals surface area (Å²) in [6, 6.07) is 11.8. The molecule has 2 aliphatic carbocycles. The molecule has 2 bridgehead atoms. The molecule has 1 fully saturated rings. The van der Waals surface area contributed by atoms with Crippen molar-refractivity contribution in [3.8, 4) is 0 Å². The van der Waals surface area contributed by atoms with Crippen molar-refractivity contribution >= 4 is 32.5 Å². The number of amides is 1. The predicted molar refractivity (Wildman–Crippen MR) is 140 cm³/mol. The van der Waals surface area contributed by atoms with Crippen LogP contribution in [0.4, 0.5) is 10.1 Å². The number of fused-ring (bicyclic) bond motifs is 3. The number of benzene rings is 2. The van der Waals surface area contributed by atoms with E-state index in [-0.39, 0.29) is 27.6 Å². The van der Waals surface area contributed by atoms with Crippen LogP contribution in [0.25, 0.3) is 10.9 Å². The lowest BCUT2D eigenvalue weighted by atomic mass is 10.1. The van der Waals surface area contributed by atoms with Crippen LogP contribution in [0, 0.1) is 5.82 Å². The van der Waals surface area contributed by atoms with Gasteiger partial charge in [-0.15, -0.1) is 0 Å². The van der Waals surface area contributed by atoms with Gasteiger partial charge in [-0.25, -0.2) is 12.8 Å². The van der Waals surface area contributed by atoms with Crippen molar-refractivity contribution in [3.05, 3.63) is 102 Å². The number of hydrogen-bond donors (Lipinski definition) is 2. The number of pyridine rings is 1. The highest BCUT2D eigenvalue weighted by molar-refractivity contribution is 7.93. The zero-order valence-electron chi connectivity index (χ0n) is 20.0. The van der Waals surface area contributed by atoms with Gasteiger partial charge in [0.1, 0.15) is 10.7 Å². The summed E-state index contributed by atoms with van der Waals surface area (Å²) in [5.41, 5.74) is 3.09. The molecule has 0 saturated carbocycles. The molecule has 3 aliphatic rings. The van der Waals surface area contributed by atoms with Crippen LogP contribution in [-0.4, -0.2) is 48.5 Å². The quantitative estimate of drug-likeness (QED) is 0.526. The Bertz CT molecular complexity index is 1530. The summed E-state index contributed by atoms with van der Waals surface area (Å²) in [6.45, 7) is 0.786. The fraction of sp³-hybridized carbons (Fsp3) is 0.214. The summed E-state index contributed by atoms with van der Waals surface area (Å²) in [6.07, 6.45) is 11.9.